The molecule has 440 valence electrons. The summed E-state index contributed by atoms with van der Waals surface area (Å²) in [4.78, 5) is 19.6. The molecule has 3 aromatic heterocycles. The Morgan fingerprint density at radius 1 is 0.602 bits per heavy atom. The molecule has 0 radical (unpaired) electrons. The van der Waals surface area contributed by atoms with Gasteiger partial charge in [-0.1, -0.05) is 85.0 Å². The van der Waals surface area contributed by atoms with Crippen molar-refractivity contribution >= 4 is 32.7 Å². The Bertz CT molecular complexity index is 3300. The van der Waals surface area contributed by atoms with Crippen LogP contribution in [-0.4, -0.2) is 122 Å². The van der Waals surface area contributed by atoms with E-state index < -0.39 is 11.7 Å². The van der Waals surface area contributed by atoms with Gasteiger partial charge in [0.25, 0.3) is 0 Å². The maximum Gasteiger partial charge on any atom is 0.112 e. The average molecular weight is 1120 g/mol. The fraction of sp³-hybridized carbons (Fsp3) is 0.597. The van der Waals surface area contributed by atoms with Gasteiger partial charge in [0.15, 0.2) is 0 Å². The lowest BCUT2D eigenvalue weighted by Gasteiger charge is -2.68. The molecular formula is C72H94N8O3. The molecular weight excluding hydrogens is 1020 g/mol. The van der Waals surface area contributed by atoms with Gasteiger partial charge in [0.1, 0.15) is 11.2 Å². The lowest BCUT2D eigenvalue weighted by molar-refractivity contribution is -0.238. The molecule has 2 unspecified atom stereocenters. The number of aliphatic hydroxyl groups excluding tert-OH is 1. The Balaban J connectivity index is 0.972. The molecule has 5 aromatic rings. The molecule has 2 saturated carbocycles. The SMILES string of the molecule is O[C@H]1[C@@H]([C@H]2NCCc3c2[nH]c2ccccc32)[C@@H]2CC(C3=CN4CCCC/C=C/CC[C@]56O[C@H]5[C@@H](c5nccc7c5[nH]c5ccccc57)[C@H]3[C@]3(CC/C=C\CCCCN[C@H]36)C4)N3CCCC/C=C/CC[C@]1(O)[C@@H]1NCCCC/C=C\CC[C@]21C3. The average Bonchev–Trinajstić information content (AvgIpc) is 1.66. The number of ether oxygens (including phenoxy) is 1. The summed E-state index contributed by atoms with van der Waals surface area (Å²) in [5.41, 5.74) is 6.60. The molecule has 2 aromatic carbocycles. The van der Waals surface area contributed by atoms with E-state index in [1.54, 1.807) is 5.57 Å². The van der Waals surface area contributed by atoms with Crippen LogP contribution in [0.1, 0.15) is 164 Å². The monoisotopic (exact) mass is 1120 g/mol. The molecule has 3 spiro atoms. The zero-order valence-electron chi connectivity index (χ0n) is 49.4. The normalized spacial score (nSPS) is 40.5. The van der Waals surface area contributed by atoms with Crippen LogP contribution in [0.15, 0.2) is 121 Å². The van der Waals surface area contributed by atoms with Crippen LogP contribution in [0.25, 0.3) is 32.7 Å². The van der Waals surface area contributed by atoms with Crippen LogP contribution in [-0.2, 0) is 11.2 Å². The number of hydrogen-bond acceptors (Lipinski definition) is 9. The summed E-state index contributed by atoms with van der Waals surface area (Å²) in [6.07, 6.45) is 46.1. The number of benzene rings is 2. The molecule has 0 amide bonds. The summed E-state index contributed by atoms with van der Waals surface area (Å²) >= 11 is 0. The van der Waals surface area contributed by atoms with Crippen molar-refractivity contribution in [1.82, 2.24) is 40.7 Å². The Kier molecular flexibility index (Phi) is 15.0. The topological polar surface area (TPSA) is 140 Å². The number of rotatable bonds is 3. The van der Waals surface area contributed by atoms with Crippen molar-refractivity contribution in [2.75, 3.05) is 45.8 Å². The maximum absolute atomic E-state index is 14.3. The number of epoxide rings is 1. The van der Waals surface area contributed by atoms with E-state index in [1.807, 2.05) is 0 Å². The van der Waals surface area contributed by atoms with Crippen LogP contribution < -0.4 is 16.0 Å². The van der Waals surface area contributed by atoms with Crippen LogP contribution in [0.4, 0.5) is 0 Å². The van der Waals surface area contributed by atoms with Crippen molar-refractivity contribution in [3.63, 3.8) is 0 Å². The fourth-order valence-electron chi connectivity index (χ4n) is 19.9. The smallest absolute Gasteiger partial charge is 0.112 e. The first-order chi connectivity index (χ1) is 40.9. The van der Waals surface area contributed by atoms with Crippen LogP contribution in [0.5, 0.6) is 0 Å². The molecule has 10 aliphatic rings. The number of pyridine rings is 1. The number of aromatic amines is 2. The minimum Gasteiger partial charge on any atom is -0.390 e. The number of aromatic nitrogens is 3. The van der Waals surface area contributed by atoms with E-state index in [0.717, 1.165) is 173 Å². The highest BCUT2D eigenvalue weighted by molar-refractivity contribution is 6.08. The van der Waals surface area contributed by atoms with Gasteiger partial charge in [0.05, 0.1) is 29.5 Å². The number of fused-ring (bicyclic) bond motifs is 8. The van der Waals surface area contributed by atoms with Gasteiger partial charge in [-0.15, -0.1) is 0 Å². The number of piperidine rings is 1. The Morgan fingerprint density at radius 2 is 1.25 bits per heavy atom. The first kappa shape index (κ1) is 54.8. The Labute approximate surface area is 493 Å². The molecule has 11 nitrogen and oxygen atoms in total. The van der Waals surface area contributed by atoms with Gasteiger partial charge in [-0.2, -0.15) is 0 Å². The number of para-hydroxylation sites is 2. The minimum absolute atomic E-state index is 0.00196. The summed E-state index contributed by atoms with van der Waals surface area (Å²) in [6.45, 7) is 6.54. The third kappa shape index (κ3) is 9.33. The number of hydrogen-bond donors (Lipinski definition) is 7. The molecule has 8 aliphatic heterocycles. The summed E-state index contributed by atoms with van der Waals surface area (Å²) in [7, 11) is 0. The van der Waals surface area contributed by atoms with Crippen LogP contribution in [0.2, 0.25) is 0 Å². The molecule has 2 aliphatic carbocycles. The number of H-pyrrole nitrogens is 2. The predicted molar refractivity (Wildman–Crippen MR) is 335 cm³/mol. The highest BCUT2D eigenvalue weighted by atomic mass is 16.6. The molecule has 83 heavy (non-hydrogen) atoms. The van der Waals surface area contributed by atoms with Crippen LogP contribution in [0, 0.1) is 28.6 Å². The fourth-order valence-corrected chi connectivity index (χ4v) is 19.9. The standard InChI is InChI=1S/C72H94N8O3/c81-65-58(63-61-51(33-41-73-63)49-29-17-19-31-55(49)77-61)54-45-57(80-44-28-16-8-3-11-23-37-71(65,82)67-69(54,48-80)35-21-9-1-5-13-25-39-75-67)53-46-79-43-27-15-7-4-12-24-38-72-66(83-72)59(64-62-52(34-42-74-64)50-30-18-20-32-56(50)78-62)60(53)70(47-79)36-22-10-2-6-14-26-40-76-68(70)72/h1-4,9-12,17-20,29-32,34,42,46,54,57-60,63,65-68,73,75-78,81-82H,5-8,13-16,21-28,33,35-41,43-45,47-48H2/b9-1-,10-2-,11-3+,12-4+/t54-,57?,58+,59+,60-,63+,65-,66-,67+,68+,69-,70-,71+,72-/m0/s1. The van der Waals surface area contributed by atoms with E-state index in [0.29, 0.717) is 6.42 Å². The highest BCUT2D eigenvalue weighted by Gasteiger charge is 2.77. The van der Waals surface area contributed by atoms with E-state index in [2.05, 4.69) is 151 Å². The van der Waals surface area contributed by atoms with Gasteiger partial charge >= 0.3 is 0 Å². The summed E-state index contributed by atoms with van der Waals surface area (Å²) in [5.74, 6) is -0.0837. The third-order valence-corrected chi connectivity index (χ3v) is 23.4. The molecule has 2 saturated heterocycles. The molecule has 4 fully saturated rings. The van der Waals surface area contributed by atoms with Gasteiger partial charge in [-0.05, 0) is 203 Å². The van der Waals surface area contributed by atoms with Gasteiger partial charge < -0.3 is 45.8 Å². The van der Waals surface area contributed by atoms with Gasteiger partial charge in [-0.25, -0.2) is 0 Å². The van der Waals surface area contributed by atoms with Crippen molar-refractivity contribution in [3.8, 4) is 0 Å². The van der Waals surface area contributed by atoms with E-state index in [9.17, 15) is 10.2 Å². The quantitative estimate of drug-likeness (QED) is 0.0695. The van der Waals surface area contributed by atoms with Crippen molar-refractivity contribution in [2.45, 2.75) is 195 Å². The van der Waals surface area contributed by atoms with Crippen molar-refractivity contribution in [1.29, 1.82) is 0 Å². The molecule has 15 rings (SSSR count). The summed E-state index contributed by atoms with van der Waals surface area (Å²) in [5, 5.41) is 45.1. The molecule has 15 atom stereocenters. The van der Waals surface area contributed by atoms with E-state index in [4.69, 9.17) is 9.72 Å². The minimum atomic E-state index is -1.36. The molecule has 11 heteroatoms. The van der Waals surface area contributed by atoms with Crippen molar-refractivity contribution in [3.05, 3.63) is 138 Å². The molecule has 11 heterocycles. The van der Waals surface area contributed by atoms with Gasteiger partial charge in [-0.3, -0.25) is 9.88 Å². The first-order valence-corrected chi connectivity index (χ1v) is 33.4. The van der Waals surface area contributed by atoms with Crippen LogP contribution in [0.3, 0.4) is 0 Å². The second-order valence-corrected chi connectivity index (χ2v) is 27.7. The van der Waals surface area contributed by atoms with Gasteiger partial charge in [0.2, 0.25) is 0 Å². The first-order valence-electron chi connectivity index (χ1n) is 33.4. The molecule has 6 bridgehead atoms. The number of allylic oxidation sites excluding steroid dienone is 8. The number of nitrogens with zero attached hydrogens (tertiary/aromatic N) is 3. The third-order valence-electron chi connectivity index (χ3n) is 23.4. The Hall–Kier alpha value is -4.85. The van der Waals surface area contributed by atoms with E-state index in [1.165, 1.54) is 57.0 Å². The second kappa shape index (κ2) is 22.8. The van der Waals surface area contributed by atoms with Crippen LogP contribution >= 0.6 is 0 Å². The van der Waals surface area contributed by atoms with E-state index >= 15 is 0 Å². The predicted octanol–water partition coefficient (Wildman–Crippen LogP) is 12.5. The zero-order valence-corrected chi connectivity index (χ0v) is 49.4. The second-order valence-electron chi connectivity index (χ2n) is 27.7. The molecule has 7 N–H and O–H groups in total. The lowest BCUT2D eigenvalue weighted by atomic mass is 9.45. The highest BCUT2D eigenvalue weighted by Crippen LogP contribution is 2.70. The Morgan fingerprint density at radius 3 is 2.02 bits per heavy atom. The summed E-state index contributed by atoms with van der Waals surface area (Å²) in [6, 6.07) is 19.8. The van der Waals surface area contributed by atoms with Crippen molar-refractivity contribution < 1.29 is 14.9 Å². The van der Waals surface area contributed by atoms with Gasteiger partial charge in [0, 0.05) is 112 Å². The van der Waals surface area contributed by atoms with Crippen molar-refractivity contribution in [2.24, 2.45) is 28.6 Å². The number of aliphatic hydroxyl groups is 2. The largest absolute Gasteiger partial charge is 0.390 e. The summed E-state index contributed by atoms with van der Waals surface area (Å²) < 4.78 is 7.83. The zero-order chi connectivity index (χ0) is 55.6. The van der Waals surface area contributed by atoms with E-state index in [-0.39, 0.29) is 70.4 Å². The number of nitrogens with one attached hydrogen (secondary N) is 5. The lowest BCUT2D eigenvalue weighted by Crippen LogP contribution is -2.78. The maximum atomic E-state index is 14.3.